The summed E-state index contributed by atoms with van der Waals surface area (Å²) in [6.07, 6.45) is 0. The van der Waals surface area contributed by atoms with E-state index < -0.39 is 0 Å². The summed E-state index contributed by atoms with van der Waals surface area (Å²) in [5, 5.41) is 2.42. The molecule has 10 rings (SSSR count). The molecule has 0 bridgehead atoms. The molecule has 0 aromatic heterocycles. The molecule has 3 aliphatic rings. The van der Waals surface area contributed by atoms with E-state index in [2.05, 4.69) is 164 Å². The Kier molecular flexibility index (Phi) is 5.43. The van der Waals surface area contributed by atoms with E-state index in [9.17, 15) is 0 Å². The van der Waals surface area contributed by atoms with Gasteiger partial charge in [-0.3, -0.25) is 0 Å². The van der Waals surface area contributed by atoms with Crippen molar-refractivity contribution < 1.29 is 9.47 Å². The van der Waals surface area contributed by atoms with Crippen molar-refractivity contribution >= 4 is 50.9 Å². The van der Waals surface area contributed by atoms with Gasteiger partial charge in [0.15, 0.2) is 0 Å². The van der Waals surface area contributed by atoms with Crippen LogP contribution in [0.5, 0.6) is 23.0 Å². The summed E-state index contributed by atoms with van der Waals surface area (Å²) < 4.78 is 13.7. The van der Waals surface area contributed by atoms with Crippen molar-refractivity contribution in [3.8, 4) is 34.1 Å². The van der Waals surface area contributed by atoms with Crippen molar-refractivity contribution in [1.29, 1.82) is 0 Å². The van der Waals surface area contributed by atoms with Crippen LogP contribution in [0.25, 0.3) is 21.9 Å². The van der Waals surface area contributed by atoms with Gasteiger partial charge in [-0.2, -0.15) is 0 Å². The largest absolute Gasteiger partial charge is 0.458 e. The highest BCUT2D eigenvalue weighted by Crippen LogP contribution is 2.58. The number of para-hydroxylation sites is 4. The molecule has 1 aliphatic carbocycles. The summed E-state index contributed by atoms with van der Waals surface area (Å²) in [5.74, 6) is 3.64. The molecular formula is C43H30BNO2. The van der Waals surface area contributed by atoms with Gasteiger partial charge in [-0.25, -0.2) is 0 Å². The Hall–Kier alpha value is -5.74. The van der Waals surface area contributed by atoms with Crippen LogP contribution in [-0.4, -0.2) is 6.71 Å². The first-order chi connectivity index (χ1) is 23.1. The van der Waals surface area contributed by atoms with Gasteiger partial charge < -0.3 is 14.4 Å². The third kappa shape index (κ3) is 3.64. The number of hydrogen-bond acceptors (Lipinski definition) is 3. The lowest BCUT2D eigenvalue weighted by Crippen LogP contribution is -2.57. The molecular weight excluding hydrogens is 573 g/mol. The Morgan fingerprint density at radius 1 is 0.553 bits per heavy atom. The van der Waals surface area contributed by atoms with Gasteiger partial charge in [-0.1, -0.05) is 111 Å². The van der Waals surface area contributed by atoms with Gasteiger partial charge in [0.05, 0.1) is 5.69 Å². The fraction of sp³-hybridized carbons (Fsp3) is 0.0698. The van der Waals surface area contributed by atoms with Crippen LogP contribution < -0.4 is 30.8 Å². The van der Waals surface area contributed by atoms with Crippen molar-refractivity contribution in [2.45, 2.75) is 19.3 Å². The van der Waals surface area contributed by atoms with Crippen LogP contribution in [0.3, 0.4) is 0 Å². The molecule has 3 nitrogen and oxygen atoms in total. The Balaban J connectivity index is 1.28. The average molecular weight is 604 g/mol. The molecule has 0 saturated heterocycles. The molecule has 0 spiro atoms. The lowest BCUT2D eigenvalue weighted by Gasteiger charge is -2.36. The van der Waals surface area contributed by atoms with Crippen LogP contribution in [0.15, 0.2) is 146 Å². The monoisotopic (exact) mass is 603 g/mol. The van der Waals surface area contributed by atoms with Gasteiger partial charge in [0.1, 0.15) is 23.0 Å². The van der Waals surface area contributed by atoms with E-state index >= 15 is 0 Å². The number of rotatable bonds is 3. The molecule has 0 fully saturated rings. The van der Waals surface area contributed by atoms with Gasteiger partial charge in [0.2, 0.25) is 0 Å². The smallest absolute Gasteiger partial charge is 0.260 e. The first-order valence-corrected chi connectivity index (χ1v) is 16.3. The molecule has 0 N–H and O–H groups in total. The van der Waals surface area contributed by atoms with Gasteiger partial charge in [-0.15, -0.1) is 0 Å². The lowest BCUT2D eigenvalue weighted by molar-refractivity contribution is 0.453. The second-order valence-electron chi connectivity index (χ2n) is 13.2. The zero-order valence-electron chi connectivity index (χ0n) is 26.2. The van der Waals surface area contributed by atoms with Gasteiger partial charge >= 0.3 is 0 Å². The molecule has 222 valence electrons. The maximum Gasteiger partial charge on any atom is 0.260 e. The second-order valence-corrected chi connectivity index (χ2v) is 13.2. The van der Waals surface area contributed by atoms with Crippen molar-refractivity contribution in [2.75, 3.05) is 4.90 Å². The average Bonchev–Trinajstić information content (AvgIpc) is 3.34. The molecule has 2 heterocycles. The van der Waals surface area contributed by atoms with Crippen molar-refractivity contribution in [1.82, 2.24) is 0 Å². The van der Waals surface area contributed by atoms with Crippen molar-refractivity contribution in [2.24, 2.45) is 0 Å². The summed E-state index contributed by atoms with van der Waals surface area (Å²) >= 11 is 0. The quantitative estimate of drug-likeness (QED) is 0.188. The van der Waals surface area contributed by atoms with E-state index in [0.717, 1.165) is 45.5 Å². The minimum atomic E-state index is -0.347. The number of hydrogen-bond donors (Lipinski definition) is 0. The first-order valence-electron chi connectivity index (χ1n) is 16.3. The Morgan fingerprint density at radius 3 is 1.77 bits per heavy atom. The molecule has 0 amide bonds. The lowest BCUT2D eigenvalue weighted by atomic mass is 9.34. The van der Waals surface area contributed by atoms with E-state index in [0.29, 0.717) is 0 Å². The zero-order chi connectivity index (χ0) is 31.3. The minimum absolute atomic E-state index is 0.0404. The van der Waals surface area contributed by atoms with Gasteiger partial charge in [0.25, 0.3) is 6.71 Å². The predicted molar refractivity (Wildman–Crippen MR) is 194 cm³/mol. The number of ether oxygens (including phenoxy) is 2. The third-order valence-corrected chi connectivity index (χ3v) is 10.3. The van der Waals surface area contributed by atoms with Crippen LogP contribution in [0.4, 0.5) is 17.1 Å². The second kappa shape index (κ2) is 9.64. The Labute approximate surface area is 274 Å². The summed E-state index contributed by atoms with van der Waals surface area (Å²) in [6, 6.07) is 51.8. The number of nitrogens with zero attached hydrogens (tertiary/aromatic N) is 1. The standard InChI is InChI=1S/C43H30BNO2/c1-43(2)32-26-35(45(27-15-5-3-6-16-27)28-17-7-4-8-18-28)29-19-9-10-20-30(29)39(32)31-25-38-41-42(40(31)43)47-37-24-14-12-22-34(37)44(41)33-21-11-13-23-36(33)46-38/h3-26H,1-2H3. The summed E-state index contributed by atoms with van der Waals surface area (Å²) in [4.78, 5) is 2.39. The van der Waals surface area contributed by atoms with E-state index in [1.54, 1.807) is 0 Å². The molecule has 0 unspecified atom stereocenters. The highest BCUT2D eigenvalue weighted by atomic mass is 16.5. The van der Waals surface area contributed by atoms with E-state index in [1.807, 2.05) is 0 Å². The van der Waals surface area contributed by atoms with Gasteiger partial charge in [0, 0.05) is 33.2 Å². The zero-order valence-corrected chi connectivity index (χ0v) is 26.2. The fourth-order valence-electron chi connectivity index (χ4n) is 8.30. The SMILES string of the molecule is CC1(C)c2cc(N(c3ccccc3)c3ccccc3)c3ccccc3c2-c2cc3c4c(c21)Oc1ccccc1B4c1ccccc1O3. The summed E-state index contributed by atoms with van der Waals surface area (Å²) in [5.41, 5.74) is 11.5. The molecule has 7 aromatic carbocycles. The van der Waals surface area contributed by atoms with Crippen LogP contribution in [0, 0.1) is 0 Å². The maximum atomic E-state index is 6.99. The van der Waals surface area contributed by atoms with Crippen LogP contribution in [0.1, 0.15) is 25.0 Å². The topological polar surface area (TPSA) is 21.7 Å². The summed E-state index contributed by atoms with van der Waals surface area (Å²) in [6.45, 7) is 4.74. The Bertz CT molecular complexity index is 2350. The number of benzene rings is 7. The molecule has 47 heavy (non-hydrogen) atoms. The van der Waals surface area contributed by atoms with E-state index in [4.69, 9.17) is 9.47 Å². The maximum absolute atomic E-state index is 6.99. The Morgan fingerprint density at radius 2 is 1.11 bits per heavy atom. The first kappa shape index (κ1) is 26.5. The molecule has 0 radical (unpaired) electrons. The van der Waals surface area contributed by atoms with Crippen LogP contribution in [0.2, 0.25) is 0 Å². The molecule has 0 saturated carbocycles. The van der Waals surface area contributed by atoms with Crippen LogP contribution >= 0.6 is 0 Å². The van der Waals surface area contributed by atoms with Crippen molar-refractivity contribution in [3.63, 3.8) is 0 Å². The van der Waals surface area contributed by atoms with E-state index in [-0.39, 0.29) is 12.1 Å². The van der Waals surface area contributed by atoms with Gasteiger partial charge in [-0.05, 0) is 81.5 Å². The normalized spacial score (nSPS) is 14.2. The predicted octanol–water partition coefficient (Wildman–Crippen LogP) is 9.34. The molecule has 2 aliphatic heterocycles. The molecule has 4 heteroatoms. The number of fused-ring (bicyclic) bond motifs is 10. The number of anilines is 3. The van der Waals surface area contributed by atoms with Crippen LogP contribution in [-0.2, 0) is 5.41 Å². The molecule has 0 atom stereocenters. The van der Waals surface area contributed by atoms with E-state index in [1.165, 1.54) is 44.0 Å². The summed E-state index contributed by atoms with van der Waals surface area (Å²) in [7, 11) is 0. The third-order valence-electron chi connectivity index (χ3n) is 10.3. The van der Waals surface area contributed by atoms with Crippen molar-refractivity contribution in [3.05, 3.63) is 157 Å². The highest BCUT2D eigenvalue weighted by molar-refractivity contribution is 6.98. The molecule has 7 aromatic rings. The minimum Gasteiger partial charge on any atom is -0.458 e. The fourth-order valence-corrected chi connectivity index (χ4v) is 8.30. The highest BCUT2D eigenvalue weighted by Gasteiger charge is 2.47.